The Kier molecular flexibility index (Phi) is 3.06. The zero-order valence-corrected chi connectivity index (χ0v) is 6.89. The smallest absolute Gasteiger partial charge is 0.310 e. The molecule has 0 bridgehead atoms. The topological polar surface area (TPSA) is 77.8 Å². The van der Waals surface area contributed by atoms with Gasteiger partial charge in [0.2, 0.25) is 0 Å². The maximum Gasteiger partial charge on any atom is 0.325 e. The lowest BCUT2D eigenvalue weighted by atomic mass is 10.4. The number of hydrogen-bond acceptors (Lipinski definition) is 3. The molecule has 0 atom stereocenters. The molecule has 1 aromatic heterocycles. The predicted molar refractivity (Wildman–Crippen MR) is 48.2 cm³/mol. The van der Waals surface area contributed by atoms with Crippen LogP contribution < -0.4 is 16.6 Å². The summed E-state index contributed by atoms with van der Waals surface area (Å²) in [7, 11) is 0. The van der Waals surface area contributed by atoms with E-state index < -0.39 is 11.2 Å². The van der Waals surface area contributed by atoms with E-state index in [0.717, 1.165) is 0 Å². The fourth-order valence-corrected chi connectivity index (χ4v) is 0.884. The zero-order chi connectivity index (χ0) is 9.68. The van der Waals surface area contributed by atoms with Crippen molar-refractivity contribution in [1.29, 1.82) is 0 Å². The number of rotatable bonds is 3. The number of H-pyrrole nitrogens is 2. The molecule has 0 radical (unpaired) electrons. The van der Waals surface area contributed by atoms with E-state index in [-0.39, 0.29) is 0 Å². The molecule has 0 aliphatic heterocycles. The van der Waals surface area contributed by atoms with Gasteiger partial charge in [-0.3, -0.25) is 9.78 Å². The van der Waals surface area contributed by atoms with Crippen LogP contribution in [0.5, 0.6) is 0 Å². The molecule has 5 heteroatoms. The van der Waals surface area contributed by atoms with Gasteiger partial charge in [-0.05, 0) is 0 Å². The van der Waals surface area contributed by atoms with E-state index in [4.69, 9.17) is 6.42 Å². The van der Waals surface area contributed by atoms with Crippen molar-refractivity contribution in [1.82, 2.24) is 15.3 Å². The van der Waals surface area contributed by atoms with Crippen LogP contribution in [0.3, 0.4) is 0 Å². The normalized spacial score (nSPS) is 9.46. The van der Waals surface area contributed by atoms with Crippen LogP contribution >= 0.6 is 0 Å². The largest absolute Gasteiger partial charge is 0.325 e. The lowest BCUT2D eigenvalue weighted by molar-refractivity contribution is 0.738. The molecule has 0 aliphatic carbocycles. The molecule has 0 saturated heterocycles. The summed E-state index contributed by atoms with van der Waals surface area (Å²) in [6, 6.07) is 1.31. The standard InChI is InChI=1S/C8H9N3O2/c1-2-3-9-5-6-4-7(12)11-8(13)10-6/h1,4,9H,3,5H2,(H2,10,11,12,13). The lowest BCUT2D eigenvalue weighted by Crippen LogP contribution is -2.25. The summed E-state index contributed by atoms with van der Waals surface area (Å²) in [6.45, 7) is 0.776. The van der Waals surface area contributed by atoms with Crippen LogP contribution in [0.1, 0.15) is 5.69 Å². The van der Waals surface area contributed by atoms with E-state index in [1.165, 1.54) is 6.07 Å². The van der Waals surface area contributed by atoms with Crippen molar-refractivity contribution in [3.63, 3.8) is 0 Å². The summed E-state index contributed by atoms with van der Waals surface area (Å²) in [5.74, 6) is 2.38. The fourth-order valence-electron chi connectivity index (χ4n) is 0.884. The van der Waals surface area contributed by atoms with Crippen molar-refractivity contribution in [2.75, 3.05) is 6.54 Å². The molecular formula is C8H9N3O2. The van der Waals surface area contributed by atoms with Crippen LogP contribution in [-0.4, -0.2) is 16.5 Å². The highest BCUT2D eigenvalue weighted by Gasteiger charge is 1.94. The summed E-state index contributed by atoms with van der Waals surface area (Å²) in [5.41, 5.74) is -0.407. The highest BCUT2D eigenvalue weighted by atomic mass is 16.2. The molecule has 0 aliphatic rings. The second kappa shape index (κ2) is 4.28. The lowest BCUT2D eigenvalue weighted by Gasteiger charge is -1.98. The van der Waals surface area contributed by atoms with Crippen LogP contribution in [0.4, 0.5) is 0 Å². The molecule has 0 amide bonds. The van der Waals surface area contributed by atoms with Crippen LogP contribution in [0.2, 0.25) is 0 Å². The van der Waals surface area contributed by atoms with Crippen molar-refractivity contribution < 1.29 is 0 Å². The van der Waals surface area contributed by atoms with Gasteiger partial charge in [-0.2, -0.15) is 0 Å². The van der Waals surface area contributed by atoms with Crippen molar-refractivity contribution in [2.24, 2.45) is 0 Å². The molecule has 0 aromatic carbocycles. The second-order valence-corrected chi connectivity index (χ2v) is 2.42. The van der Waals surface area contributed by atoms with Gasteiger partial charge < -0.3 is 10.3 Å². The number of hydrogen-bond donors (Lipinski definition) is 3. The Balaban J connectivity index is 2.73. The van der Waals surface area contributed by atoms with Crippen molar-refractivity contribution in [3.8, 4) is 12.3 Å². The van der Waals surface area contributed by atoms with Crippen LogP contribution in [0, 0.1) is 12.3 Å². The first-order valence-corrected chi connectivity index (χ1v) is 3.69. The number of aromatic nitrogens is 2. The Hall–Kier alpha value is -1.80. The minimum atomic E-state index is -0.509. The Morgan fingerprint density at radius 3 is 2.85 bits per heavy atom. The van der Waals surface area contributed by atoms with Crippen LogP contribution in [0.15, 0.2) is 15.7 Å². The molecule has 13 heavy (non-hydrogen) atoms. The molecule has 1 rings (SSSR count). The summed E-state index contributed by atoms with van der Waals surface area (Å²) >= 11 is 0. The predicted octanol–water partition coefficient (Wildman–Crippen LogP) is -1.21. The average Bonchev–Trinajstić information content (AvgIpc) is 2.03. The second-order valence-electron chi connectivity index (χ2n) is 2.42. The third kappa shape index (κ3) is 2.97. The maximum absolute atomic E-state index is 10.8. The van der Waals surface area contributed by atoms with Gasteiger partial charge in [-0.25, -0.2) is 4.79 Å². The first kappa shape index (κ1) is 9.29. The van der Waals surface area contributed by atoms with Crippen molar-refractivity contribution in [2.45, 2.75) is 6.54 Å². The summed E-state index contributed by atoms with van der Waals surface area (Å²) < 4.78 is 0. The molecule has 0 fully saturated rings. The van der Waals surface area contributed by atoms with Gasteiger partial charge in [0.25, 0.3) is 5.56 Å². The van der Waals surface area contributed by atoms with Crippen molar-refractivity contribution >= 4 is 0 Å². The highest BCUT2D eigenvalue weighted by molar-refractivity contribution is 4.98. The molecule has 1 heterocycles. The quantitative estimate of drug-likeness (QED) is 0.402. The SMILES string of the molecule is C#CCNCc1cc(=O)[nH]c(=O)[nH]1. The van der Waals surface area contributed by atoms with E-state index in [0.29, 0.717) is 18.8 Å². The molecule has 5 nitrogen and oxygen atoms in total. The first-order chi connectivity index (χ1) is 6.22. The third-order valence-corrected chi connectivity index (χ3v) is 1.36. The molecule has 0 unspecified atom stereocenters. The van der Waals surface area contributed by atoms with Crippen LogP contribution in [-0.2, 0) is 6.54 Å². The zero-order valence-electron chi connectivity index (χ0n) is 6.89. The maximum atomic E-state index is 10.8. The summed E-state index contributed by atoms with van der Waals surface area (Å²) in [6.07, 6.45) is 5.00. The molecule has 68 valence electrons. The van der Waals surface area contributed by atoms with Gasteiger partial charge in [0.15, 0.2) is 0 Å². The van der Waals surface area contributed by atoms with Gasteiger partial charge in [0.05, 0.1) is 6.54 Å². The Labute approximate surface area is 74.2 Å². The Bertz CT molecular complexity index is 396. The Morgan fingerprint density at radius 2 is 2.23 bits per heavy atom. The van der Waals surface area contributed by atoms with Gasteiger partial charge in [-0.15, -0.1) is 6.42 Å². The minimum absolute atomic E-state index is 0.378. The number of aromatic amines is 2. The van der Waals surface area contributed by atoms with Gasteiger partial charge in [0.1, 0.15) is 0 Å². The van der Waals surface area contributed by atoms with E-state index >= 15 is 0 Å². The molecule has 0 saturated carbocycles. The van der Waals surface area contributed by atoms with E-state index in [1.54, 1.807) is 0 Å². The van der Waals surface area contributed by atoms with E-state index in [9.17, 15) is 9.59 Å². The fraction of sp³-hybridized carbons (Fsp3) is 0.250. The summed E-state index contributed by atoms with van der Waals surface area (Å²) in [5, 5.41) is 2.85. The van der Waals surface area contributed by atoms with Gasteiger partial charge in [-0.1, -0.05) is 5.92 Å². The Morgan fingerprint density at radius 1 is 1.46 bits per heavy atom. The summed E-state index contributed by atoms with van der Waals surface area (Å²) in [4.78, 5) is 26.1. The van der Waals surface area contributed by atoms with Gasteiger partial charge in [0, 0.05) is 18.3 Å². The van der Waals surface area contributed by atoms with Gasteiger partial charge >= 0.3 is 5.69 Å². The molecule has 0 spiro atoms. The van der Waals surface area contributed by atoms with E-state index in [1.807, 2.05) is 0 Å². The van der Waals surface area contributed by atoms with E-state index in [2.05, 4.69) is 21.2 Å². The molecule has 1 aromatic rings. The molecular weight excluding hydrogens is 170 g/mol. The highest BCUT2D eigenvalue weighted by Crippen LogP contribution is 1.82. The average molecular weight is 179 g/mol. The first-order valence-electron chi connectivity index (χ1n) is 3.69. The number of nitrogens with one attached hydrogen (secondary N) is 3. The monoisotopic (exact) mass is 179 g/mol. The third-order valence-electron chi connectivity index (χ3n) is 1.36. The molecule has 3 N–H and O–H groups in total. The van der Waals surface area contributed by atoms with Crippen molar-refractivity contribution in [3.05, 3.63) is 32.6 Å². The minimum Gasteiger partial charge on any atom is -0.310 e. The number of terminal acetylenes is 1. The van der Waals surface area contributed by atoms with Crippen LogP contribution in [0.25, 0.3) is 0 Å².